The molecule has 2 fully saturated rings. The molecule has 2 aliphatic rings. The topological polar surface area (TPSA) is 0 Å². The zero-order valence-electron chi connectivity index (χ0n) is 6.82. The Morgan fingerprint density at radius 1 is 1.20 bits per heavy atom. The van der Waals surface area contributed by atoms with Gasteiger partial charge in [-0.2, -0.15) is 0 Å². The average molecular weight is 156 g/mol. The smallest absolute Gasteiger partial charge is 0.0147 e. The quantitative estimate of drug-likeness (QED) is 0.472. The largest absolute Gasteiger partial charge is 0.113 e. The van der Waals surface area contributed by atoms with Crippen LogP contribution in [0.25, 0.3) is 0 Å². The number of hydrogen-bond acceptors (Lipinski definition) is 0. The lowest BCUT2D eigenvalue weighted by atomic mass is 9.93. The molecule has 3 atom stereocenters. The van der Waals surface area contributed by atoms with E-state index in [1.165, 1.54) is 34.3 Å². The number of hydrogen-bond donors (Lipinski definition) is 0. The molecule has 0 aromatic rings. The second kappa shape index (κ2) is 2.48. The minimum Gasteiger partial charge on any atom is -0.113 e. The first-order chi connectivity index (χ1) is 4.79. The highest BCUT2D eigenvalue weighted by Crippen LogP contribution is 2.54. The summed E-state index contributed by atoms with van der Waals surface area (Å²) < 4.78 is 0. The fourth-order valence-electron chi connectivity index (χ4n) is 2.45. The molecule has 0 amide bonds. The highest BCUT2D eigenvalue weighted by Gasteiger charge is 2.35. The van der Waals surface area contributed by atoms with Crippen molar-refractivity contribution in [3.8, 4) is 0 Å². The summed E-state index contributed by atoms with van der Waals surface area (Å²) in [6, 6.07) is 0. The second-order valence-electron chi connectivity index (χ2n) is 4.19. The molecule has 1 heteroatoms. The van der Waals surface area contributed by atoms with Crippen molar-refractivity contribution >= 4 is 8.58 Å². The van der Waals surface area contributed by atoms with Crippen LogP contribution in [0.3, 0.4) is 0 Å². The summed E-state index contributed by atoms with van der Waals surface area (Å²) >= 11 is 0. The van der Waals surface area contributed by atoms with Gasteiger partial charge in [0.1, 0.15) is 0 Å². The van der Waals surface area contributed by atoms with Crippen LogP contribution in [-0.4, -0.2) is 10.8 Å². The Hall–Kier alpha value is 0.430. The summed E-state index contributed by atoms with van der Waals surface area (Å²) in [4.78, 5) is 0. The average Bonchev–Trinajstić information content (AvgIpc) is 2.11. The maximum absolute atomic E-state index is 2.51. The van der Waals surface area contributed by atoms with E-state index in [0.29, 0.717) is 0 Å². The molecule has 0 radical (unpaired) electrons. The van der Waals surface area contributed by atoms with E-state index in [0.717, 1.165) is 10.8 Å². The van der Waals surface area contributed by atoms with Gasteiger partial charge in [-0.15, -0.1) is 8.58 Å². The molecule has 0 aromatic heterocycles. The summed E-state index contributed by atoms with van der Waals surface area (Å²) in [7, 11) is 1.31. The first-order valence-corrected chi connectivity index (χ1v) is 5.64. The lowest BCUT2D eigenvalue weighted by molar-refractivity contribution is 0.479. The lowest BCUT2D eigenvalue weighted by Gasteiger charge is -2.21. The lowest BCUT2D eigenvalue weighted by Crippen LogP contribution is -2.12. The van der Waals surface area contributed by atoms with Crippen LogP contribution in [0.5, 0.6) is 0 Å². The molecular formula is C9H17P. The van der Waals surface area contributed by atoms with Crippen molar-refractivity contribution in [1.29, 1.82) is 0 Å². The van der Waals surface area contributed by atoms with Crippen LogP contribution in [0.2, 0.25) is 0 Å². The van der Waals surface area contributed by atoms with Gasteiger partial charge in [0, 0.05) is 0 Å². The van der Waals surface area contributed by atoms with Crippen molar-refractivity contribution in [3.63, 3.8) is 0 Å². The van der Waals surface area contributed by atoms with Gasteiger partial charge in [-0.25, -0.2) is 0 Å². The van der Waals surface area contributed by atoms with Gasteiger partial charge in [-0.3, -0.25) is 0 Å². The van der Waals surface area contributed by atoms with Crippen LogP contribution < -0.4 is 0 Å². The minimum atomic E-state index is 0.807. The number of rotatable bonds is 0. The van der Waals surface area contributed by atoms with Crippen LogP contribution in [0.15, 0.2) is 0 Å². The summed E-state index contributed by atoms with van der Waals surface area (Å²) in [5.74, 6) is 0. The molecule has 2 saturated heterocycles. The molecule has 10 heavy (non-hydrogen) atoms. The predicted molar refractivity (Wildman–Crippen MR) is 48.2 cm³/mol. The zero-order chi connectivity index (χ0) is 7.03. The zero-order valence-corrected chi connectivity index (χ0v) is 7.82. The van der Waals surface area contributed by atoms with E-state index in [4.69, 9.17) is 0 Å². The van der Waals surface area contributed by atoms with Crippen molar-refractivity contribution in [2.75, 3.05) is 0 Å². The van der Waals surface area contributed by atoms with Gasteiger partial charge in [0.25, 0.3) is 0 Å². The van der Waals surface area contributed by atoms with Crippen molar-refractivity contribution < 1.29 is 0 Å². The molecule has 0 aromatic carbocycles. The first kappa shape index (κ1) is 7.10. The van der Waals surface area contributed by atoms with E-state index in [-0.39, 0.29) is 0 Å². The summed E-state index contributed by atoms with van der Waals surface area (Å²) in [5, 5.41) is 0.807. The Balaban J connectivity index is 2.09. The molecule has 2 bridgehead atoms. The van der Waals surface area contributed by atoms with Crippen molar-refractivity contribution in [1.82, 2.24) is 0 Å². The minimum absolute atomic E-state index is 0.807. The third-order valence-electron chi connectivity index (χ3n) is 3.13. The molecule has 0 saturated carbocycles. The van der Waals surface area contributed by atoms with E-state index in [9.17, 15) is 0 Å². The Kier molecular flexibility index (Phi) is 1.76. The molecule has 3 unspecified atom stereocenters. The highest BCUT2D eigenvalue weighted by molar-refractivity contribution is 7.41. The third kappa shape index (κ3) is 1.23. The Bertz CT molecular complexity index is 131. The summed E-state index contributed by atoms with van der Waals surface area (Å²) in [6.45, 7) is 2.51. The van der Waals surface area contributed by atoms with E-state index < -0.39 is 0 Å². The normalized spacial score (nSPS) is 49.5. The van der Waals surface area contributed by atoms with Gasteiger partial charge < -0.3 is 0 Å². The summed E-state index contributed by atoms with van der Waals surface area (Å²) in [6.07, 6.45) is 9.20. The van der Waals surface area contributed by atoms with Crippen LogP contribution in [0.1, 0.15) is 45.4 Å². The van der Waals surface area contributed by atoms with Gasteiger partial charge in [0.05, 0.1) is 0 Å². The molecule has 0 nitrogen and oxygen atoms in total. The highest BCUT2D eigenvalue weighted by atomic mass is 31.1. The van der Waals surface area contributed by atoms with Gasteiger partial charge in [-0.1, -0.05) is 19.8 Å². The number of fused-ring (bicyclic) bond motifs is 2. The molecule has 0 aliphatic carbocycles. The molecule has 2 heterocycles. The molecule has 2 aliphatic heterocycles. The monoisotopic (exact) mass is 156 g/mol. The van der Waals surface area contributed by atoms with Gasteiger partial charge in [-0.05, 0) is 36.5 Å². The van der Waals surface area contributed by atoms with E-state index in [1.807, 2.05) is 0 Å². The van der Waals surface area contributed by atoms with E-state index in [2.05, 4.69) is 6.92 Å². The Morgan fingerprint density at radius 2 is 2.10 bits per heavy atom. The first-order valence-electron chi connectivity index (χ1n) is 4.56. The Labute approximate surface area is 65.6 Å². The molecule has 0 N–H and O–H groups in total. The maximum Gasteiger partial charge on any atom is -0.0147 e. The van der Waals surface area contributed by atoms with Crippen LogP contribution in [-0.2, 0) is 0 Å². The van der Waals surface area contributed by atoms with Gasteiger partial charge >= 0.3 is 0 Å². The second-order valence-corrected chi connectivity index (χ2v) is 6.50. The fraction of sp³-hybridized carbons (Fsp3) is 1.00. The van der Waals surface area contributed by atoms with Crippen molar-refractivity contribution in [3.05, 3.63) is 0 Å². The molecule has 0 spiro atoms. The van der Waals surface area contributed by atoms with Gasteiger partial charge in [0.2, 0.25) is 0 Å². The molecule has 2 rings (SSSR count). The van der Waals surface area contributed by atoms with Crippen molar-refractivity contribution in [2.45, 2.75) is 56.3 Å². The fourth-order valence-corrected chi connectivity index (χ4v) is 4.68. The molecular weight excluding hydrogens is 139 g/mol. The van der Waals surface area contributed by atoms with Crippen LogP contribution in [0, 0.1) is 0 Å². The van der Waals surface area contributed by atoms with E-state index >= 15 is 0 Å². The Morgan fingerprint density at radius 3 is 3.00 bits per heavy atom. The SMILES string of the molecule is CC12CCCCC(CC1)P2. The van der Waals surface area contributed by atoms with E-state index in [1.54, 1.807) is 12.8 Å². The van der Waals surface area contributed by atoms with Gasteiger partial charge in [0.15, 0.2) is 0 Å². The van der Waals surface area contributed by atoms with Crippen molar-refractivity contribution in [2.24, 2.45) is 0 Å². The third-order valence-corrected chi connectivity index (χ3v) is 5.31. The van der Waals surface area contributed by atoms with Crippen LogP contribution >= 0.6 is 8.58 Å². The molecule has 58 valence electrons. The summed E-state index contributed by atoms with van der Waals surface area (Å²) in [5.41, 5.74) is 1.15. The predicted octanol–water partition coefficient (Wildman–Crippen LogP) is 3.16. The maximum atomic E-state index is 2.51. The van der Waals surface area contributed by atoms with Crippen LogP contribution in [0.4, 0.5) is 0 Å². The standard InChI is InChI=1S/C9H17P/c1-9-6-3-2-4-8(10-9)5-7-9/h8,10H,2-7H2,1H3.